The Bertz CT molecular complexity index is 709. The molecule has 0 aliphatic carbocycles. The Hall–Kier alpha value is -1.03. The Balaban J connectivity index is 0.00000338. The number of nitrogens with zero attached hydrogens (tertiary/aromatic N) is 2. The minimum Gasteiger partial charge on any atom is -0.366 e. The molecule has 6 nitrogen and oxygen atoms in total. The van der Waals surface area contributed by atoms with E-state index in [2.05, 4.69) is 51.7 Å². The topological polar surface area (TPSA) is 73.8 Å². The van der Waals surface area contributed by atoms with Gasteiger partial charge in [0.15, 0.2) is 5.96 Å². The van der Waals surface area contributed by atoms with Gasteiger partial charge in [0.05, 0.1) is 5.75 Å². The van der Waals surface area contributed by atoms with E-state index in [0.29, 0.717) is 18.4 Å². The van der Waals surface area contributed by atoms with Crippen LogP contribution in [0.2, 0.25) is 0 Å². The number of anilines is 1. The molecule has 2 N–H and O–H groups in total. The summed E-state index contributed by atoms with van der Waals surface area (Å²) in [6, 6.07) is 8.94. The van der Waals surface area contributed by atoms with Gasteiger partial charge in [0.25, 0.3) is 0 Å². The van der Waals surface area contributed by atoms with Gasteiger partial charge in [-0.2, -0.15) is 0 Å². The number of hydrogen-bond donors (Lipinski definition) is 2. The lowest BCUT2D eigenvalue weighted by Gasteiger charge is -2.28. The highest BCUT2D eigenvalue weighted by atomic mass is 127. The van der Waals surface area contributed by atoms with Crippen LogP contribution in [0.1, 0.15) is 25.8 Å². The zero-order valence-electron chi connectivity index (χ0n) is 16.0. The summed E-state index contributed by atoms with van der Waals surface area (Å²) in [5.41, 5.74) is 2.73. The molecular formula is C18H31IN4O2S. The number of nitrogens with one attached hydrogen (secondary N) is 2. The number of benzene rings is 1. The van der Waals surface area contributed by atoms with E-state index in [-0.39, 0.29) is 35.8 Å². The summed E-state index contributed by atoms with van der Waals surface area (Å²) in [6.45, 7) is 5.99. The first kappa shape index (κ1) is 23.0. The van der Waals surface area contributed by atoms with E-state index < -0.39 is 9.84 Å². The number of guanidine groups is 1. The Morgan fingerprint density at radius 3 is 2.65 bits per heavy atom. The van der Waals surface area contributed by atoms with Gasteiger partial charge in [0, 0.05) is 44.2 Å². The van der Waals surface area contributed by atoms with Crippen molar-refractivity contribution in [2.24, 2.45) is 4.99 Å². The molecule has 1 aromatic rings. The number of aliphatic imine (C=N–C) groups is 1. The van der Waals surface area contributed by atoms with E-state index in [1.54, 1.807) is 7.05 Å². The zero-order chi connectivity index (χ0) is 18.4. The van der Waals surface area contributed by atoms with Crippen LogP contribution in [0, 0.1) is 0 Å². The minimum atomic E-state index is -2.93. The lowest BCUT2D eigenvalue weighted by molar-refractivity contribution is 0.576. The Morgan fingerprint density at radius 1 is 1.31 bits per heavy atom. The number of hydrogen-bond acceptors (Lipinski definition) is 4. The van der Waals surface area contributed by atoms with Gasteiger partial charge in [-0.15, -0.1) is 24.0 Å². The summed E-state index contributed by atoms with van der Waals surface area (Å²) < 4.78 is 22.5. The fraction of sp³-hybridized carbons (Fsp3) is 0.611. The third-order valence-electron chi connectivity index (χ3n) is 4.55. The third-order valence-corrected chi connectivity index (χ3v) is 5.53. The van der Waals surface area contributed by atoms with E-state index in [4.69, 9.17) is 0 Å². The van der Waals surface area contributed by atoms with Crippen LogP contribution in [0.5, 0.6) is 0 Å². The van der Waals surface area contributed by atoms with E-state index in [1.807, 2.05) is 6.92 Å². The molecular weight excluding hydrogens is 463 g/mol. The highest BCUT2D eigenvalue weighted by molar-refractivity contribution is 14.0. The summed E-state index contributed by atoms with van der Waals surface area (Å²) in [5, 5.41) is 6.61. The van der Waals surface area contributed by atoms with Gasteiger partial charge in [-0.05, 0) is 38.3 Å². The van der Waals surface area contributed by atoms with Crippen LogP contribution >= 0.6 is 24.0 Å². The molecule has 1 aliphatic heterocycles. The number of rotatable bonds is 7. The standard InChI is InChI=1S/C18H30N4O2S.HI/c1-14(10-12-25(4,23)24)21-18(19-3)20-13-15(2)22-11-9-16-7-5-6-8-17(16)22;/h5-8,14-15H,9-13H2,1-4H3,(H2,19,20,21);1H. The predicted octanol–water partition coefficient (Wildman–Crippen LogP) is 2.04. The van der Waals surface area contributed by atoms with Crippen LogP contribution in [0.4, 0.5) is 5.69 Å². The molecule has 0 saturated heterocycles. The zero-order valence-corrected chi connectivity index (χ0v) is 19.2. The van der Waals surface area contributed by atoms with Crippen molar-refractivity contribution >= 4 is 45.5 Å². The monoisotopic (exact) mass is 494 g/mol. The molecule has 8 heteroatoms. The first-order valence-corrected chi connectivity index (χ1v) is 10.9. The minimum absolute atomic E-state index is 0. The molecule has 0 amide bonds. The number of halogens is 1. The SMILES string of the molecule is CN=C(NCC(C)N1CCc2ccccc21)NC(C)CCS(C)(=O)=O.I. The average molecular weight is 494 g/mol. The van der Waals surface area contributed by atoms with Crippen LogP contribution in [0.25, 0.3) is 0 Å². The molecule has 1 heterocycles. The molecule has 0 bridgehead atoms. The molecule has 0 fully saturated rings. The lowest BCUT2D eigenvalue weighted by Crippen LogP contribution is -2.48. The maximum absolute atomic E-state index is 11.3. The van der Waals surface area contributed by atoms with E-state index >= 15 is 0 Å². The summed E-state index contributed by atoms with van der Waals surface area (Å²) in [7, 11) is -1.20. The third kappa shape index (κ3) is 6.94. The van der Waals surface area contributed by atoms with Crippen LogP contribution < -0.4 is 15.5 Å². The molecule has 1 aliphatic rings. The van der Waals surface area contributed by atoms with Crippen molar-refractivity contribution in [3.63, 3.8) is 0 Å². The molecule has 0 aromatic heterocycles. The van der Waals surface area contributed by atoms with E-state index in [9.17, 15) is 8.42 Å². The fourth-order valence-corrected chi connectivity index (χ4v) is 3.85. The molecule has 1 aromatic carbocycles. The molecule has 2 rings (SSSR count). The molecule has 0 radical (unpaired) electrons. The second kappa shape index (κ2) is 10.3. The second-order valence-corrected chi connectivity index (χ2v) is 9.10. The Kier molecular flexibility index (Phi) is 9.15. The van der Waals surface area contributed by atoms with E-state index in [1.165, 1.54) is 17.5 Å². The maximum Gasteiger partial charge on any atom is 0.191 e. The summed E-state index contributed by atoms with van der Waals surface area (Å²) in [5.74, 6) is 0.888. The van der Waals surface area contributed by atoms with Crippen molar-refractivity contribution < 1.29 is 8.42 Å². The fourth-order valence-electron chi connectivity index (χ4n) is 3.07. The van der Waals surface area contributed by atoms with Crippen molar-refractivity contribution in [2.75, 3.05) is 37.0 Å². The smallest absolute Gasteiger partial charge is 0.191 e. The van der Waals surface area contributed by atoms with Crippen molar-refractivity contribution in [3.8, 4) is 0 Å². The molecule has 148 valence electrons. The van der Waals surface area contributed by atoms with Gasteiger partial charge < -0.3 is 15.5 Å². The highest BCUT2D eigenvalue weighted by Crippen LogP contribution is 2.28. The van der Waals surface area contributed by atoms with Gasteiger partial charge in [-0.3, -0.25) is 4.99 Å². The van der Waals surface area contributed by atoms with Gasteiger partial charge in [-0.1, -0.05) is 18.2 Å². The van der Waals surface area contributed by atoms with Gasteiger partial charge >= 0.3 is 0 Å². The van der Waals surface area contributed by atoms with Gasteiger partial charge in [0.2, 0.25) is 0 Å². The van der Waals surface area contributed by atoms with Gasteiger partial charge in [-0.25, -0.2) is 8.42 Å². The van der Waals surface area contributed by atoms with Crippen LogP contribution in [0.15, 0.2) is 29.3 Å². The summed E-state index contributed by atoms with van der Waals surface area (Å²) in [6.07, 6.45) is 2.92. The molecule has 0 saturated carbocycles. The van der Waals surface area contributed by atoms with Crippen LogP contribution in [0.3, 0.4) is 0 Å². The Labute approximate surface area is 174 Å². The first-order chi connectivity index (χ1) is 11.8. The summed E-state index contributed by atoms with van der Waals surface area (Å²) in [4.78, 5) is 6.66. The van der Waals surface area contributed by atoms with Crippen LogP contribution in [-0.2, 0) is 16.3 Å². The summed E-state index contributed by atoms with van der Waals surface area (Å²) >= 11 is 0. The van der Waals surface area contributed by atoms with Crippen molar-refractivity contribution in [3.05, 3.63) is 29.8 Å². The number of fused-ring (bicyclic) bond motifs is 1. The molecule has 2 unspecified atom stereocenters. The number of sulfone groups is 1. The number of para-hydroxylation sites is 1. The van der Waals surface area contributed by atoms with E-state index in [0.717, 1.165) is 19.5 Å². The van der Waals surface area contributed by atoms with Gasteiger partial charge in [0.1, 0.15) is 9.84 Å². The van der Waals surface area contributed by atoms with Crippen molar-refractivity contribution in [1.29, 1.82) is 0 Å². The van der Waals surface area contributed by atoms with Crippen molar-refractivity contribution in [2.45, 2.75) is 38.8 Å². The maximum atomic E-state index is 11.3. The lowest BCUT2D eigenvalue weighted by atomic mass is 10.2. The quantitative estimate of drug-likeness (QED) is 0.345. The molecule has 26 heavy (non-hydrogen) atoms. The normalized spacial score (nSPS) is 16.5. The first-order valence-electron chi connectivity index (χ1n) is 8.79. The molecule has 0 spiro atoms. The Morgan fingerprint density at radius 2 is 2.00 bits per heavy atom. The molecule has 2 atom stereocenters. The average Bonchev–Trinajstić information content (AvgIpc) is 3.00. The highest BCUT2D eigenvalue weighted by Gasteiger charge is 2.23. The predicted molar refractivity (Wildman–Crippen MR) is 121 cm³/mol. The van der Waals surface area contributed by atoms with Crippen molar-refractivity contribution in [1.82, 2.24) is 10.6 Å². The second-order valence-electron chi connectivity index (χ2n) is 6.84. The van der Waals surface area contributed by atoms with Crippen LogP contribution in [-0.4, -0.2) is 58.6 Å². The largest absolute Gasteiger partial charge is 0.366 e.